The van der Waals surface area contributed by atoms with Crippen LogP contribution in [0.15, 0.2) is 16.4 Å². The number of nitrogens with zero attached hydrogens (tertiary/aromatic N) is 1. The summed E-state index contributed by atoms with van der Waals surface area (Å²) in [5.41, 5.74) is 7.74. The zero-order chi connectivity index (χ0) is 11.3. The molecule has 3 nitrogen and oxygen atoms in total. The van der Waals surface area contributed by atoms with E-state index in [9.17, 15) is 4.79 Å². The van der Waals surface area contributed by atoms with Crippen molar-refractivity contribution in [1.29, 1.82) is 0 Å². The Labute approximate surface area is 86.6 Å². The molecule has 0 spiro atoms. The highest BCUT2D eigenvalue weighted by atomic mass is 16.1. The molecule has 0 aliphatic carbocycles. The molecule has 4 heteroatoms. The van der Waals surface area contributed by atoms with Crippen molar-refractivity contribution in [3.05, 3.63) is 11.4 Å². The first-order valence-electron chi connectivity index (χ1n) is 4.94. The zero-order valence-corrected chi connectivity index (χ0v) is 9.72. The summed E-state index contributed by atoms with van der Waals surface area (Å²) in [6.45, 7) is 9.24. The highest BCUT2D eigenvalue weighted by molar-refractivity contribution is 6.99. The maximum absolute atomic E-state index is 11.5. The molecule has 0 bridgehead atoms. The molecule has 0 unspecified atom stereocenters. The van der Waals surface area contributed by atoms with Crippen LogP contribution in [0.25, 0.3) is 0 Å². The fourth-order valence-corrected chi connectivity index (χ4v) is 1.12. The molecule has 0 aromatic carbocycles. The molecule has 2 N–H and O–H groups in total. The first-order chi connectivity index (χ1) is 6.40. The summed E-state index contributed by atoms with van der Waals surface area (Å²) in [6.07, 6.45) is 0.755. The Morgan fingerprint density at radius 2 is 1.86 bits per heavy atom. The molecule has 0 fully saturated rings. The van der Waals surface area contributed by atoms with Gasteiger partial charge in [-0.05, 0) is 20.3 Å². The smallest absolute Gasteiger partial charge is 0.225 e. The number of aliphatic imine (C=N–C) groups is 1. The topological polar surface area (TPSA) is 55.5 Å². The predicted molar refractivity (Wildman–Crippen MR) is 62.8 cm³/mol. The molecule has 0 aromatic heterocycles. The van der Waals surface area contributed by atoms with Crippen molar-refractivity contribution in [1.82, 2.24) is 0 Å². The van der Waals surface area contributed by atoms with Crippen molar-refractivity contribution in [2.45, 2.75) is 40.8 Å². The van der Waals surface area contributed by atoms with Crippen molar-refractivity contribution >= 4 is 18.1 Å². The van der Waals surface area contributed by atoms with Crippen molar-refractivity contribution in [3.63, 3.8) is 0 Å². The monoisotopic (exact) mass is 194 g/mol. The van der Waals surface area contributed by atoms with Gasteiger partial charge in [0.25, 0.3) is 0 Å². The quantitative estimate of drug-likeness (QED) is 0.548. The van der Waals surface area contributed by atoms with Crippen molar-refractivity contribution in [2.75, 3.05) is 0 Å². The second kappa shape index (κ2) is 5.63. The molecule has 0 saturated heterocycles. The first kappa shape index (κ1) is 12.9. The van der Waals surface area contributed by atoms with E-state index in [0.29, 0.717) is 11.4 Å². The SMILES string of the molecule is CC/C(N=C(C)C(=O)B(C)C)=C(/C)N. The Balaban J connectivity index is 4.84. The largest absolute Gasteiger partial charge is 0.401 e. The molecule has 0 aliphatic rings. The van der Waals surface area contributed by atoms with Gasteiger partial charge in [0.15, 0.2) is 0 Å². The van der Waals surface area contributed by atoms with Crippen LogP contribution >= 0.6 is 0 Å². The highest BCUT2D eigenvalue weighted by Crippen LogP contribution is 2.06. The lowest BCUT2D eigenvalue weighted by molar-refractivity contribution is -0.106. The van der Waals surface area contributed by atoms with Crippen LogP contribution in [-0.2, 0) is 4.79 Å². The Bertz CT molecular complexity index is 276. The Kier molecular flexibility index (Phi) is 5.20. The van der Waals surface area contributed by atoms with Crippen LogP contribution in [-0.4, -0.2) is 18.1 Å². The van der Waals surface area contributed by atoms with Gasteiger partial charge in [0, 0.05) is 5.70 Å². The number of hydrogen-bond acceptors (Lipinski definition) is 3. The summed E-state index contributed by atoms with van der Waals surface area (Å²) in [4.78, 5) is 15.8. The second-order valence-electron chi connectivity index (χ2n) is 3.70. The molecule has 78 valence electrons. The minimum Gasteiger partial charge on any atom is -0.401 e. The van der Waals surface area contributed by atoms with Gasteiger partial charge in [-0.1, -0.05) is 20.6 Å². The number of rotatable bonds is 4. The van der Waals surface area contributed by atoms with Gasteiger partial charge in [-0.2, -0.15) is 0 Å². The van der Waals surface area contributed by atoms with Crippen LogP contribution in [0, 0.1) is 0 Å². The van der Waals surface area contributed by atoms with Gasteiger partial charge in [-0.25, -0.2) is 0 Å². The molecule has 0 aromatic rings. The zero-order valence-electron chi connectivity index (χ0n) is 9.72. The van der Waals surface area contributed by atoms with Crippen LogP contribution in [0.3, 0.4) is 0 Å². The van der Waals surface area contributed by atoms with Gasteiger partial charge in [-0.3, -0.25) is 4.99 Å². The Morgan fingerprint density at radius 3 is 2.14 bits per heavy atom. The van der Waals surface area contributed by atoms with E-state index in [-0.39, 0.29) is 12.4 Å². The van der Waals surface area contributed by atoms with Crippen LogP contribution in [0.1, 0.15) is 27.2 Å². The standard InChI is InChI=1S/C10H19BN2O/c1-6-9(7(2)12)13-8(3)10(14)11(4)5/h6,12H2,1-5H3/b9-7+,13-8?. The van der Waals surface area contributed by atoms with E-state index < -0.39 is 0 Å². The average Bonchev–Trinajstić information content (AvgIpc) is 2.11. The average molecular weight is 194 g/mol. The predicted octanol–water partition coefficient (Wildman–Crippen LogP) is 1.91. The van der Waals surface area contributed by atoms with Gasteiger partial charge < -0.3 is 10.5 Å². The molecular formula is C10H19BN2O. The number of carbonyl (C=O) groups excluding carboxylic acids is 1. The first-order valence-corrected chi connectivity index (χ1v) is 4.94. The van der Waals surface area contributed by atoms with E-state index in [1.54, 1.807) is 13.8 Å². The lowest BCUT2D eigenvalue weighted by Crippen LogP contribution is -2.25. The number of allylic oxidation sites excluding steroid dienone is 2. The van der Waals surface area contributed by atoms with Gasteiger partial charge in [0.2, 0.25) is 6.71 Å². The molecule has 0 heterocycles. The number of hydrogen-bond donors (Lipinski definition) is 1. The van der Waals surface area contributed by atoms with E-state index in [0.717, 1.165) is 12.1 Å². The molecule has 14 heavy (non-hydrogen) atoms. The summed E-state index contributed by atoms with van der Waals surface area (Å²) >= 11 is 0. The van der Waals surface area contributed by atoms with E-state index in [4.69, 9.17) is 5.73 Å². The minimum absolute atomic E-state index is 0.00469. The summed E-state index contributed by atoms with van der Waals surface area (Å²) in [5.74, 6) is 0. The second-order valence-corrected chi connectivity index (χ2v) is 3.70. The fraction of sp³-hybridized carbons (Fsp3) is 0.600. The normalized spacial score (nSPS) is 13.6. The third-order valence-corrected chi connectivity index (χ3v) is 1.97. The lowest BCUT2D eigenvalue weighted by Gasteiger charge is -2.04. The van der Waals surface area contributed by atoms with E-state index in [2.05, 4.69) is 4.99 Å². The van der Waals surface area contributed by atoms with Crippen LogP contribution < -0.4 is 5.73 Å². The fourth-order valence-electron chi connectivity index (χ4n) is 1.12. The van der Waals surface area contributed by atoms with Crippen molar-refractivity contribution in [2.24, 2.45) is 10.7 Å². The summed E-state index contributed by atoms with van der Waals surface area (Å²) in [7, 11) is 0. The lowest BCUT2D eigenvalue weighted by atomic mass is 9.50. The summed E-state index contributed by atoms with van der Waals surface area (Å²) < 4.78 is 0. The maximum atomic E-state index is 11.5. The number of nitrogens with two attached hydrogens (primary N) is 1. The number of carbonyl (C=O) groups is 1. The van der Waals surface area contributed by atoms with E-state index in [1.165, 1.54) is 0 Å². The van der Waals surface area contributed by atoms with Gasteiger partial charge in [0.05, 0.1) is 11.4 Å². The summed E-state index contributed by atoms with van der Waals surface area (Å²) in [6, 6.07) is 0. The molecule has 0 aliphatic heterocycles. The Morgan fingerprint density at radius 1 is 1.36 bits per heavy atom. The van der Waals surface area contributed by atoms with Gasteiger partial charge in [-0.15, -0.1) is 0 Å². The van der Waals surface area contributed by atoms with Crippen LogP contribution in [0.5, 0.6) is 0 Å². The molecule has 0 saturated carbocycles. The van der Waals surface area contributed by atoms with Crippen LogP contribution in [0.2, 0.25) is 13.6 Å². The Hall–Kier alpha value is -1.06. The van der Waals surface area contributed by atoms with E-state index >= 15 is 0 Å². The molecule has 0 atom stereocenters. The van der Waals surface area contributed by atoms with Crippen molar-refractivity contribution in [3.8, 4) is 0 Å². The maximum Gasteiger partial charge on any atom is 0.225 e. The van der Waals surface area contributed by atoms with Crippen LogP contribution in [0.4, 0.5) is 0 Å². The van der Waals surface area contributed by atoms with Crippen molar-refractivity contribution < 1.29 is 4.79 Å². The summed E-state index contributed by atoms with van der Waals surface area (Å²) in [5, 5.41) is 0. The molecule has 0 radical (unpaired) electrons. The molecule has 0 amide bonds. The highest BCUT2D eigenvalue weighted by Gasteiger charge is 2.14. The third-order valence-electron chi connectivity index (χ3n) is 1.97. The third kappa shape index (κ3) is 3.77. The van der Waals surface area contributed by atoms with Gasteiger partial charge >= 0.3 is 0 Å². The molecule has 0 rings (SSSR count). The van der Waals surface area contributed by atoms with E-state index in [1.807, 2.05) is 20.6 Å². The van der Waals surface area contributed by atoms with Gasteiger partial charge in [0.1, 0.15) is 5.68 Å². The minimum atomic E-state index is -0.00469. The molecular weight excluding hydrogens is 175 g/mol.